The minimum atomic E-state index is -0.575. The molecule has 3 N–H and O–H groups in total. The van der Waals surface area contributed by atoms with Crippen LogP contribution in [0.2, 0.25) is 5.02 Å². The standard InChI is InChI=1S/C16H15ClN2O5/c1-9(6-10-2-5-14(20)15(21)7-10)16(22)18-13-8-11(19(23)24)3-4-12(13)17/h2-5,7-9,20-21H,6H2,1H3,(H,18,22). The summed E-state index contributed by atoms with van der Waals surface area (Å²) >= 11 is 5.95. The highest BCUT2D eigenvalue weighted by atomic mass is 35.5. The molecule has 0 heterocycles. The highest BCUT2D eigenvalue weighted by Crippen LogP contribution is 2.28. The van der Waals surface area contributed by atoms with Gasteiger partial charge in [-0.1, -0.05) is 24.6 Å². The lowest BCUT2D eigenvalue weighted by molar-refractivity contribution is -0.384. The van der Waals surface area contributed by atoms with Crippen molar-refractivity contribution in [3.8, 4) is 11.5 Å². The van der Waals surface area contributed by atoms with Crippen LogP contribution in [0.5, 0.6) is 11.5 Å². The first kappa shape index (κ1) is 17.6. The number of hydrogen-bond donors (Lipinski definition) is 3. The lowest BCUT2D eigenvalue weighted by Crippen LogP contribution is -2.22. The van der Waals surface area contributed by atoms with Gasteiger partial charge in [-0.2, -0.15) is 0 Å². The summed E-state index contributed by atoms with van der Waals surface area (Å²) < 4.78 is 0. The summed E-state index contributed by atoms with van der Waals surface area (Å²) in [4.78, 5) is 22.5. The lowest BCUT2D eigenvalue weighted by atomic mass is 10.00. The minimum Gasteiger partial charge on any atom is -0.504 e. The minimum absolute atomic E-state index is 0.163. The molecule has 24 heavy (non-hydrogen) atoms. The van der Waals surface area contributed by atoms with E-state index in [4.69, 9.17) is 11.6 Å². The summed E-state index contributed by atoms with van der Waals surface area (Å²) in [6.45, 7) is 1.67. The predicted octanol–water partition coefficient (Wildman–Crippen LogP) is 3.48. The van der Waals surface area contributed by atoms with Crippen molar-refractivity contribution in [3.63, 3.8) is 0 Å². The van der Waals surface area contributed by atoms with Crippen molar-refractivity contribution in [3.05, 3.63) is 57.1 Å². The molecule has 0 fully saturated rings. The molecule has 0 spiro atoms. The largest absolute Gasteiger partial charge is 0.504 e. The van der Waals surface area contributed by atoms with Gasteiger partial charge in [-0.05, 0) is 30.2 Å². The van der Waals surface area contributed by atoms with Crippen molar-refractivity contribution in [2.45, 2.75) is 13.3 Å². The molecular weight excluding hydrogens is 336 g/mol. The quantitative estimate of drug-likeness (QED) is 0.434. The molecule has 0 aliphatic heterocycles. The number of nitro groups is 1. The normalized spacial score (nSPS) is 11.8. The number of phenolic OH excluding ortho intramolecular Hbond substituents is 2. The molecule has 7 nitrogen and oxygen atoms in total. The Hall–Kier alpha value is -2.80. The van der Waals surface area contributed by atoms with Crippen LogP contribution in [-0.4, -0.2) is 21.0 Å². The number of rotatable bonds is 5. The number of anilines is 1. The van der Waals surface area contributed by atoms with E-state index in [9.17, 15) is 25.1 Å². The number of benzene rings is 2. The van der Waals surface area contributed by atoms with Crippen LogP contribution in [0.15, 0.2) is 36.4 Å². The third-order valence-corrected chi connectivity index (χ3v) is 3.78. The van der Waals surface area contributed by atoms with Crippen molar-refractivity contribution < 1.29 is 19.9 Å². The maximum atomic E-state index is 12.3. The van der Waals surface area contributed by atoms with Crippen molar-refractivity contribution in [2.24, 2.45) is 5.92 Å². The van der Waals surface area contributed by atoms with E-state index in [1.165, 1.54) is 30.3 Å². The first-order valence-electron chi connectivity index (χ1n) is 7.03. The molecule has 0 aromatic heterocycles. The van der Waals surface area contributed by atoms with Gasteiger partial charge in [-0.15, -0.1) is 0 Å². The van der Waals surface area contributed by atoms with Crippen LogP contribution >= 0.6 is 11.6 Å². The van der Waals surface area contributed by atoms with E-state index in [0.29, 0.717) is 12.0 Å². The molecule has 0 saturated carbocycles. The zero-order valence-electron chi connectivity index (χ0n) is 12.7. The van der Waals surface area contributed by atoms with Crippen LogP contribution < -0.4 is 5.32 Å². The Morgan fingerprint density at radius 3 is 2.58 bits per heavy atom. The third-order valence-electron chi connectivity index (χ3n) is 3.45. The molecule has 0 saturated heterocycles. The van der Waals surface area contributed by atoms with Gasteiger partial charge < -0.3 is 15.5 Å². The van der Waals surface area contributed by atoms with E-state index < -0.39 is 10.8 Å². The van der Waals surface area contributed by atoms with Gasteiger partial charge in [0.05, 0.1) is 15.6 Å². The number of aromatic hydroxyl groups is 2. The van der Waals surface area contributed by atoms with Gasteiger partial charge in [0, 0.05) is 18.1 Å². The summed E-state index contributed by atoms with van der Waals surface area (Å²) in [6, 6.07) is 8.10. The molecule has 0 aliphatic carbocycles. The Morgan fingerprint density at radius 2 is 1.96 bits per heavy atom. The van der Waals surface area contributed by atoms with E-state index in [2.05, 4.69) is 5.32 Å². The molecule has 8 heteroatoms. The molecule has 0 radical (unpaired) electrons. The smallest absolute Gasteiger partial charge is 0.271 e. The summed E-state index contributed by atoms with van der Waals surface area (Å²) in [5.41, 5.74) is 0.653. The van der Waals surface area contributed by atoms with Gasteiger partial charge >= 0.3 is 0 Å². The highest BCUT2D eigenvalue weighted by molar-refractivity contribution is 6.33. The van der Waals surface area contributed by atoms with Gasteiger partial charge in [0.1, 0.15) is 0 Å². The Morgan fingerprint density at radius 1 is 1.25 bits per heavy atom. The number of hydrogen-bond acceptors (Lipinski definition) is 5. The average Bonchev–Trinajstić information content (AvgIpc) is 2.52. The highest BCUT2D eigenvalue weighted by Gasteiger charge is 2.17. The van der Waals surface area contributed by atoms with Gasteiger partial charge in [0.15, 0.2) is 11.5 Å². The number of carbonyl (C=O) groups is 1. The first-order valence-corrected chi connectivity index (χ1v) is 7.41. The van der Waals surface area contributed by atoms with Crippen molar-refractivity contribution in [2.75, 3.05) is 5.32 Å². The number of phenols is 2. The molecule has 1 unspecified atom stereocenters. The van der Waals surface area contributed by atoms with Crippen LogP contribution in [0.1, 0.15) is 12.5 Å². The second-order valence-corrected chi connectivity index (χ2v) is 5.75. The van der Waals surface area contributed by atoms with E-state index >= 15 is 0 Å². The number of non-ortho nitro benzene ring substituents is 1. The van der Waals surface area contributed by atoms with Crippen molar-refractivity contribution in [1.82, 2.24) is 0 Å². The Kier molecular flexibility index (Phi) is 5.25. The number of carbonyl (C=O) groups excluding carboxylic acids is 1. The van der Waals surface area contributed by atoms with E-state index in [1.54, 1.807) is 13.0 Å². The SMILES string of the molecule is CC(Cc1ccc(O)c(O)c1)C(=O)Nc1cc([N+](=O)[O-])ccc1Cl. The number of nitrogens with zero attached hydrogens (tertiary/aromatic N) is 1. The molecule has 126 valence electrons. The van der Waals surface area contributed by atoms with Crippen LogP contribution in [0.3, 0.4) is 0 Å². The van der Waals surface area contributed by atoms with Gasteiger partial charge in [-0.3, -0.25) is 14.9 Å². The van der Waals surface area contributed by atoms with E-state index in [0.717, 1.165) is 0 Å². The van der Waals surface area contributed by atoms with Crippen molar-refractivity contribution in [1.29, 1.82) is 0 Å². The molecule has 0 bridgehead atoms. The fourth-order valence-corrected chi connectivity index (χ4v) is 2.29. The van der Waals surface area contributed by atoms with E-state index in [-0.39, 0.29) is 33.8 Å². The molecule has 1 atom stereocenters. The third kappa shape index (κ3) is 4.14. The molecule has 2 aromatic carbocycles. The summed E-state index contributed by atoms with van der Waals surface area (Å²) in [7, 11) is 0. The number of nitrogens with one attached hydrogen (secondary N) is 1. The van der Waals surface area contributed by atoms with Gasteiger partial charge in [0.2, 0.25) is 5.91 Å². The fourth-order valence-electron chi connectivity index (χ4n) is 2.12. The zero-order valence-corrected chi connectivity index (χ0v) is 13.4. The molecule has 0 aliphatic rings. The molecule has 2 rings (SSSR count). The monoisotopic (exact) mass is 350 g/mol. The Bertz CT molecular complexity index is 794. The first-order chi connectivity index (χ1) is 11.3. The zero-order chi connectivity index (χ0) is 17.9. The fraction of sp³-hybridized carbons (Fsp3) is 0.188. The van der Waals surface area contributed by atoms with Crippen LogP contribution in [0.25, 0.3) is 0 Å². The number of amides is 1. The average molecular weight is 351 g/mol. The summed E-state index contributed by atoms with van der Waals surface area (Å²) in [6.07, 6.45) is 0.312. The maximum absolute atomic E-state index is 12.3. The topological polar surface area (TPSA) is 113 Å². The molecule has 1 amide bonds. The number of nitro benzene ring substituents is 1. The maximum Gasteiger partial charge on any atom is 0.271 e. The van der Waals surface area contributed by atoms with Crippen LogP contribution in [0.4, 0.5) is 11.4 Å². The predicted molar refractivity (Wildman–Crippen MR) is 89.4 cm³/mol. The van der Waals surface area contributed by atoms with E-state index in [1.807, 2.05) is 0 Å². The Balaban J connectivity index is 2.10. The number of halogens is 1. The Labute approximate surface area is 142 Å². The summed E-state index contributed by atoms with van der Waals surface area (Å²) in [5.74, 6) is -1.35. The van der Waals surface area contributed by atoms with Crippen molar-refractivity contribution >= 4 is 28.9 Å². The van der Waals surface area contributed by atoms with Gasteiger partial charge in [-0.25, -0.2) is 0 Å². The molecular formula is C16H15ClN2O5. The van der Waals surface area contributed by atoms with Crippen LogP contribution in [0, 0.1) is 16.0 Å². The molecule has 2 aromatic rings. The second kappa shape index (κ2) is 7.18. The van der Waals surface area contributed by atoms with Crippen LogP contribution in [-0.2, 0) is 11.2 Å². The van der Waals surface area contributed by atoms with Gasteiger partial charge in [0.25, 0.3) is 5.69 Å². The second-order valence-electron chi connectivity index (χ2n) is 5.34. The lowest BCUT2D eigenvalue weighted by Gasteiger charge is -2.13. The summed E-state index contributed by atoms with van der Waals surface area (Å²) in [5, 5.41) is 32.3.